The summed E-state index contributed by atoms with van der Waals surface area (Å²) in [5.41, 5.74) is 1.34. The van der Waals surface area contributed by atoms with Crippen LogP contribution in [-0.2, 0) is 0 Å². The van der Waals surface area contributed by atoms with Gasteiger partial charge in [0.15, 0.2) is 11.5 Å². The van der Waals surface area contributed by atoms with Gasteiger partial charge in [-0.2, -0.15) is 0 Å². The molecule has 0 radical (unpaired) electrons. The summed E-state index contributed by atoms with van der Waals surface area (Å²) >= 11 is 5.98. The third-order valence-corrected chi connectivity index (χ3v) is 2.62. The van der Waals surface area contributed by atoms with Crippen LogP contribution in [-0.4, -0.2) is 32.1 Å². The third kappa shape index (κ3) is 1.88. The van der Waals surface area contributed by atoms with Crippen LogP contribution < -0.4 is 9.47 Å². The molecule has 0 aliphatic carbocycles. The van der Waals surface area contributed by atoms with Gasteiger partial charge in [0, 0.05) is 18.7 Å². The molecule has 0 unspecified atom stereocenters. The Morgan fingerprint density at radius 2 is 1.94 bits per heavy atom. The van der Waals surface area contributed by atoms with Crippen molar-refractivity contribution in [1.82, 2.24) is 0 Å². The number of aliphatic imine (C=N–C) groups is 2. The maximum absolute atomic E-state index is 5.98. The first-order chi connectivity index (χ1) is 7.76. The van der Waals surface area contributed by atoms with Gasteiger partial charge in [-0.15, -0.1) is 0 Å². The fourth-order valence-electron chi connectivity index (χ4n) is 1.49. The van der Waals surface area contributed by atoms with Gasteiger partial charge in [0.2, 0.25) is 0 Å². The summed E-state index contributed by atoms with van der Waals surface area (Å²) in [6.45, 7) is 4.57. The first-order valence-electron chi connectivity index (χ1n) is 4.79. The normalized spacial score (nSPS) is 14.8. The molecular formula is C11H11ClN2O2. The number of fused-ring (bicyclic) bond motifs is 1. The second kappa shape index (κ2) is 4.53. The molecule has 1 heterocycles. The predicted octanol–water partition coefficient (Wildman–Crippen LogP) is 2.41. The molecule has 0 amide bonds. The van der Waals surface area contributed by atoms with Crippen molar-refractivity contribution in [3.05, 3.63) is 17.7 Å². The summed E-state index contributed by atoms with van der Waals surface area (Å²) in [4.78, 5) is 7.81. The van der Waals surface area contributed by atoms with Crippen molar-refractivity contribution in [2.75, 3.05) is 20.3 Å². The first-order valence-corrected chi connectivity index (χ1v) is 5.17. The molecule has 0 bridgehead atoms. The molecule has 1 aliphatic rings. The van der Waals surface area contributed by atoms with Crippen LogP contribution in [0, 0.1) is 0 Å². The highest BCUT2D eigenvalue weighted by Gasteiger charge is 2.17. The van der Waals surface area contributed by atoms with E-state index < -0.39 is 0 Å². The lowest BCUT2D eigenvalue weighted by Crippen LogP contribution is -2.15. The number of hydrogen-bond donors (Lipinski definition) is 0. The van der Waals surface area contributed by atoms with Gasteiger partial charge in [-0.3, -0.25) is 9.98 Å². The van der Waals surface area contributed by atoms with Crippen LogP contribution in [0.2, 0.25) is 0 Å². The summed E-state index contributed by atoms with van der Waals surface area (Å²) in [6, 6.07) is 3.53. The van der Waals surface area contributed by atoms with Crippen LogP contribution in [0.4, 0.5) is 5.69 Å². The molecule has 0 fully saturated rings. The van der Waals surface area contributed by atoms with Crippen LogP contribution in [0.3, 0.4) is 0 Å². The number of hydrogen-bond acceptors (Lipinski definition) is 4. The molecule has 0 N–H and O–H groups in total. The zero-order valence-corrected chi connectivity index (χ0v) is 9.62. The van der Waals surface area contributed by atoms with Crippen molar-refractivity contribution in [1.29, 1.82) is 0 Å². The van der Waals surface area contributed by atoms with E-state index in [1.54, 1.807) is 19.2 Å². The molecule has 16 heavy (non-hydrogen) atoms. The van der Waals surface area contributed by atoms with Gasteiger partial charge < -0.3 is 9.47 Å². The Labute approximate surface area is 98.6 Å². The fourth-order valence-corrected chi connectivity index (χ4v) is 1.65. The summed E-state index contributed by atoms with van der Waals surface area (Å²) in [5, 5.41) is 0.374. The van der Waals surface area contributed by atoms with E-state index in [0.29, 0.717) is 41.1 Å². The number of rotatable bonds is 2. The molecule has 84 valence electrons. The van der Waals surface area contributed by atoms with Gasteiger partial charge in [-0.25, -0.2) is 0 Å². The van der Waals surface area contributed by atoms with Gasteiger partial charge in [0.05, 0.1) is 5.69 Å². The summed E-state index contributed by atoms with van der Waals surface area (Å²) in [7, 11) is 1.62. The monoisotopic (exact) mass is 238 g/mol. The van der Waals surface area contributed by atoms with Gasteiger partial charge in [0.25, 0.3) is 0 Å². The van der Waals surface area contributed by atoms with Crippen LogP contribution in [0.1, 0.15) is 5.56 Å². The van der Waals surface area contributed by atoms with Crippen LogP contribution in [0.15, 0.2) is 22.1 Å². The minimum absolute atomic E-state index is 0.374. The van der Waals surface area contributed by atoms with E-state index in [-0.39, 0.29) is 0 Å². The molecule has 0 aromatic heterocycles. The van der Waals surface area contributed by atoms with Crippen molar-refractivity contribution >= 4 is 29.2 Å². The van der Waals surface area contributed by atoms with Crippen molar-refractivity contribution in [3.63, 3.8) is 0 Å². The molecule has 2 rings (SSSR count). The van der Waals surface area contributed by atoms with E-state index in [2.05, 4.69) is 16.7 Å². The van der Waals surface area contributed by atoms with Crippen LogP contribution in [0.5, 0.6) is 11.5 Å². The van der Waals surface area contributed by atoms with Gasteiger partial charge in [-0.1, -0.05) is 11.6 Å². The minimum atomic E-state index is 0.374. The van der Waals surface area contributed by atoms with E-state index >= 15 is 0 Å². The highest BCUT2D eigenvalue weighted by atomic mass is 35.5. The Balaban J connectivity index is 2.56. The van der Waals surface area contributed by atoms with Crippen molar-refractivity contribution < 1.29 is 9.47 Å². The second-order valence-corrected chi connectivity index (χ2v) is 3.54. The first kappa shape index (κ1) is 11.0. The third-order valence-electron chi connectivity index (χ3n) is 2.25. The molecule has 1 aromatic carbocycles. The Hall–Kier alpha value is -1.55. The Bertz CT molecular complexity index is 458. The molecule has 1 aromatic rings. The Morgan fingerprint density at radius 1 is 1.31 bits per heavy atom. The summed E-state index contributed by atoms with van der Waals surface area (Å²) in [5.74, 6) is 1.33. The highest BCUT2D eigenvalue weighted by Crippen LogP contribution is 2.37. The maximum atomic E-state index is 5.98. The number of benzene rings is 1. The lowest BCUT2D eigenvalue weighted by Gasteiger charge is -2.19. The minimum Gasteiger partial charge on any atom is -0.486 e. The largest absolute Gasteiger partial charge is 0.486 e. The van der Waals surface area contributed by atoms with Crippen molar-refractivity contribution in [2.45, 2.75) is 0 Å². The fraction of sp³-hybridized carbons (Fsp3) is 0.273. The molecule has 1 aliphatic heterocycles. The van der Waals surface area contributed by atoms with E-state index in [1.807, 2.05) is 0 Å². The van der Waals surface area contributed by atoms with Crippen molar-refractivity contribution in [3.8, 4) is 11.5 Å². The zero-order valence-electron chi connectivity index (χ0n) is 8.86. The number of halogens is 1. The average Bonchev–Trinajstić information content (AvgIpc) is 2.36. The van der Waals surface area contributed by atoms with E-state index in [0.717, 1.165) is 0 Å². The molecule has 5 heteroatoms. The smallest absolute Gasteiger partial charge is 0.163 e. The van der Waals surface area contributed by atoms with E-state index in [4.69, 9.17) is 21.1 Å². The van der Waals surface area contributed by atoms with Gasteiger partial charge >= 0.3 is 0 Å². The van der Waals surface area contributed by atoms with Crippen LogP contribution in [0.25, 0.3) is 0 Å². The highest BCUT2D eigenvalue weighted by molar-refractivity contribution is 6.70. The molecule has 0 saturated carbocycles. The predicted molar refractivity (Wildman–Crippen MR) is 65.0 cm³/mol. The second-order valence-electron chi connectivity index (χ2n) is 3.19. The summed E-state index contributed by atoms with van der Waals surface area (Å²) in [6.07, 6.45) is 0. The topological polar surface area (TPSA) is 43.2 Å². The number of nitrogens with zero attached hydrogens (tertiary/aromatic N) is 2. The molecule has 0 atom stereocenters. The molecule has 0 spiro atoms. The molecule has 4 nitrogen and oxygen atoms in total. The zero-order chi connectivity index (χ0) is 11.5. The van der Waals surface area contributed by atoms with Gasteiger partial charge in [0.1, 0.15) is 18.4 Å². The standard InChI is InChI=1S/C11H11ClN2O2/c1-13-8-6-10-9(15-3-4-16-10)5-7(8)11(12)14-2/h5-6H,1,3-4H2,2H3/b14-11+. The SMILES string of the molecule is C=Nc1cc2c(cc1/C(Cl)=N\C)OCCO2. The van der Waals surface area contributed by atoms with Crippen molar-refractivity contribution in [2.24, 2.45) is 9.98 Å². The summed E-state index contributed by atoms with van der Waals surface area (Å²) < 4.78 is 10.9. The lowest BCUT2D eigenvalue weighted by atomic mass is 10.1. The van der Waals surface area contributed by atoms with Crippen LogP contribution >= 0.6 is 11.6 Å². The quantitative estimate of drug-likeness (QED) is 0.743. The average molecular weight is 239 g/mol. The molecular weight excluding hydrogens is 228 g/mol. The number of ether oxygens (including phenoxy) is 2. The lowest BCUT2D eigenvalue weighted by molar-refractivity contribution is 0.171. The Kier molecular flexibility index (Phi) is 3.10. The maximum Gasteiger partial charge on any atom is 0.163 e. The van der Waals surface area contributed by atoms with E-state index in [1.165, 1.54) is 0 Å². The van der Waals surface area contributed by atoms with Gasteiger partial charge in [-0.05, 0) is 12.8 Å². The van der Waals surface area contributed by atoms with E-state index in [9.17, 15) is 0 Å². The Morgan fingerprint density at radius 3 is 2.50 bits per heavy atom. The molecule has 0 saturated heterocycles.